The topological polar surface area (TPSA) is 85.5 Å². The van der Waals surface area contributed by atoms with Crippen molar-refractivity contribution in [3.8, 4) is 5.88 Å². The highest BCUT2D eigenvalue weighted by Crippen LogP contribution is 2.14. The zero-order chi connectivity index (χ0) is 10.6. The van der Waals surface area contributed by atoms with Crippen LogP contribution in [0.1, 0.15) is 11.7 Å². The van der Waals surface area contributed by atoms with Crippen LogP contribution in [0.25, 0.3) is 0 Å². The van der Waals surface area contributed by atoms with E-state index >= 15 is 0 Å². The Morgan fingerprint density at radius 1 is 1.71 bits per heavy atom. The standard InChI is InChI=1S/C8H10N2O4/c1-14-8-3-2-6(4-9-8)7(11)5-10(12)13/h2-4,7,11H,5H2,1H3/t7-/m0/s1. The van der Waals surface area contributed by atoms with Crippen LogP contribution in [0.5, 0.6) is 5.88 Å². The molecule has 0 aliphatic carbocycles. The summed E-state index contributed by atoms with van der Waals surface area (Å²) in [4.78, 5) is 13.4. The van der Waals surface area contributed by atoms with E-state index in [2.05, 4.69) is 4.98 Å². The third-order valence-corrected chi connectivity index (χ3v) is 1.68. The summed E-state index contributed by atoms with van der Waals surface area (Å²) in [7, 11) is 1.47. The Hall–Kier alpha value is -1.69. The van der Waals surface area contributed by atoms with Crippen LogP contribution in [0.3, 0.4) is 0 Å². The van der Waals surface area contributed by atoms with E-state index in [4.69, 9.17) is 4.74 Å². The van der Waals surface area contributed by atoms with Gasteiger partial charge in [0.1, 0.15) is 6.10 Å². The summed E-state index contributed by atoms with van der Waals surface area (Å²) in [5.41, 5.74) is 0.405. The molecule has 6 nitrogen and oxygen atoms in total. The lowest BCUT2D eigenvalue weighted by molar-refractivity contribution is -0.491. The Morgan fingerprint density at radius 3 is 2.86 bits per heavy atom. The lowest BCUT2D eigenvalue weighted by atomic mass is 10.2. The largest absolute Gasteiger partial charge is 0.481 e. The number of nitro groups is 1. The maximum Gasteiger partial charge on any atom is 0.233 e. The number of hydrogen-bond acceptors (Lipinski definition) is 5. The molecule has 0 saturated heterocycles. The molecular formula is C8H10N2O4. The molecule has 0 bridgehead atoms. The molecule has 6 heteroatoms. The molecule has 1 atom stereocenters. The summed E-state index contributed by atoms with van der Waals surface area (Å²) < 4.78 is 4.80. The normalized spacial score (nSPS) is 12.1. The van der Waals surface area contributed by atoms with E-state index in [0.29, 0.717) is 11.4 Å². The molecule has 0 aliphatic heterocycles. The zero-order valence-corrected chi connectivity index (χ0v) is 7.58. The van der Waals surface area contributed by atoms with Crippen molar-refractivity contribution in [1.82, 2.24) is 4.98 Å². The predicted molar refractivity (Wildman–Crippen MR) is 47.6 cm³/mol. The first-order chi connectivity index (χ1) is 6.63. The van der Waals surface area contributed by atoms with Gasteiger partial charge in [-0.2, -0.15) is 0 Å². The van der Waals surface area contributed by atoms with Gasteiger partial charge in [-0.3, -0.25) is 10.1 Å². The minimum absolute atomic E-state index is 0.405. The molecule has 76 valence electrons. The van der Waals surface area contributed by atoms with Gasteiger partial charge in [0.2, 0.25) is 12.4 Å². The minimum atomic E-state index is -1.12. The fourth-order valence-corrected chi connectivity index (χ4v) is 0.956. The van der Waals surface area contributed by atoms with E-state index in [0.717, 1.165) is 0 Å². The van der Waals surface area contributed by atoms with Gasteiger partial charge < -0.3 is 9.84 Å². The second-order valence-corrected chi connectivity index (χ2v) is 2.67. The highest BCUT2D eigenvalue weighted by atomic mass is 16.6. The van der Waals surface area contributed by atoms with E-state index in [1.807, 2.05) is 0 Å². The van der Waals surface area contributed by atoms with Gasteiger partial charge in [0.15, 0.2) is 0 Å². The van der Waals surface area contributed by atoms with Gasteiger partial charge in [0, 0.05) is 22.7 Å². The molecule has 14 heavy (non-hydrogen) atoms. The zero-order valence-electron chi connectivity index (χ0n) is 7.58. The second kappa shape index (κ2) is 4.52. The van der Waals surface area contributed by atoms with Crippen molar-refractivity contribution < 1.29 is 14.8 Å². The number of ether oxygens (including phenoxy) is 1. The molecule has 0 amide bonds. The summed E-state index contributed by atoms with van der Waals surface area (Å²) in [5.74, 6) is 0.405. The Balaban J connectivity index is 2.71. The molecule has 1 aromatic heterocycles. The van der Waals surface area contributed by atoms with Crippen molar-refractivity contribution in [3.05, 3.63) is 34.0 Å². The number of aliphatic hydroxyl groups excluding tert-OH is 1. The SMILES string of the molecule is COc1ccc([C@@H](O)C[N+](=O)[O-])cn1. The number of hydrogen-bond donors (Lipinski definition) is 1. The molecule has 1 N–H and O–H groups in total. The van der Waals surface area contributed by atoms with E-state index in [1.54, 1.807) is 12.1 Å². The van der Waals surface area contributed by atoms with E-state index < -0.39 is 17.6 Å². The van der Waals surface area contributed by atoms with Gasteiger partial charge in [-0.25, -0.2) is 4.98 Å². The average molecular weight is 198 g/mol. The van der Waals surface area contributed by atoms with Crippen LogP contribution in [-0.2, 0) is 0 Å². The number of methoxy groups -OCH3 is 1. The number of aromatic nitrogens is 1. The second-order valence-electron chi connectivity index (χ2n) is 2.67. The third-order valence-electron chi connectivity index (χ3n) is 1.68. The minimum Gasteiger partial charge on any atom is -0.481 e. The molecule has 0 aromatic carbocycles. The Bertz CT molecular complexity index is 312. The molecule has 1 rings (SSSR count). The first-order valence-electron chi connectivity index (χ1n) is 3.93. The van der Waals surface area contributed by atoms with E-state index in [1.165, 1.54) is 13.3 Å². The Kier molecular flexibility index (Phi) is 3.35. The summed E-state index contributed by atoms with van der Waals surface area (Å²) in [6.45, 7) is -0.520. The van der Waals surface area contributed by atoms with Crippen molar-refractivity contribution in [2.24, 2.45) is 0 Å². The van der Waals surface area contributed by atoms with Crippen LogP contribution >= 0.6 is 0 Å². The fourth-order valence-electron chi connectivity index (χ4n) is 0.956. The molecule has 0 spiro atoms. The summed E-state index contributed by atoms with van der Waals surface area (Å²) in [6, 6.07) is 3.08. The van der Waals surface area contributed by atoms with Crippen LogP contribution in [0, 0.1) is 10.1 Å². The number of rotatable bonds is 4. The highest BCUT2D eigenvalue weighted by molar-refractivity contribution is 5.19. The first kappa shape index (κ1) is 10.4. The van der Waals surface area contributed by atoms with E-state index in [-0.39, 0.29) is 0 Å². The highest BCUT2D eigenvalue weighted by Gasteiger charge is 2.14. The predicted octanol–water partition coefficient (Wildman–Crippen LogP) is 0.400. The molecule has 0 saturated carbocycles. The van der Waals surface area contributed by atoms with Crippen LogP contribution in [0.2, 0.25) is 0 Å². The number of aliphatic hydroxyl groups is 1. The van der Waals surface area contributed by atoms with Crippen LogP contribution in [-0.4, -0.2) is 28.7 Å². The lowest BCUT2D eigenvalue weighted by Crippen LogP contribution is -2.11. The lowest BCUT2D eigenvalue weighted by Gasteiger charge is -2.05. The van der Waals surface area contributed by atoms with Crippen LogP contribution in [0.4, 0.5) is 0 Å². The maximum atomic E-state index is 10.1. The van der Waals surface area contributed by atoms with Crippen LogP contribution < -0.4 is 4.74 Å². The third kappa shape index (κ3) is 2.67. The monoisotopic (exact) mass is 198 g/mol. The molecule has 0 aliphatic rings. The average Bonchev–Trinajstić information content (AvgIpc) is 2.17. The maximum absolute atomic E-state index is 10.1. The summed E-state index contributed by atoms with van der Waals surface area (Å²) in [5, 5.41) is 19.4. The van der Waals surface area contributed by atoms with Crippen molar-refractivity contribution >= 4 is 0 Å². The van der Waals surface area contributed by atoms with Gasteiger partial charge in [0.25, 0.3) is 0 Å². The summed E-state index contributed by atoms with van der Waals surface area (Å²) in [6.07, 6.45) is 0.232. The molecule has 0 unspecified atom stereocenters. The van der Waals surface area contributed by atoms with Gasteiger partial charge in [0.05, 0.1) is 7.11 Å². The van der Waals surface area contributed by atoms with Crippen molar-refractivity contribution in [1.29, 1.82) is 0 Å². The van der Waals surface area contributed by atoms with Gasteiger partial charge in [-0.1, -0.05) is 0 Å². The van der Waals surface area contributed by atoms with Gasteiger partial charge in [-0.05, 0) is 6.07 Å². The van der Waals surface area contributed by atoms with Crippen molar-refractivity contribution in [2.75, 3.05) is 13.7 Å². The van der Waals surface area contributed by atoms with Crippen LogP contribution in [0.15, 0.2) is 18.3 Å². The first-order valence-corrected chi connectivity index (χ1v) is 3.93. The fraction of sp³-hybridized carbons (Fsp3) is 0.375. The van der Waals surface area contributed by atoms with Gasteiger partial charge in [-0.15, -0.1) is 0 Å². The molecule has 0 radical (unpaired) electrons. The van der Waals surface area contributed by atoms with Gasteiger partial charge >= 0.3 is 0 Å². The van der Waals surface area contributed by atoms with E-state index in [9.17, 15) is 15.2 Å². The Morgan fingerprint density at radius 2 is 2.43 bits per heavy atom. The molecule has 1 aromatic rings. The number of pyridine rings is 1. The summed E-state index contributed by atoms with van der Waals surface area (Å²) >= 11 is 0. The molecule has 0 fully saturated rings. The van der Waals surface area contributed by atoms with Crippen molar-refractivity contribution in [2.45, 2.75) is 6.10 Å². The number of nitrogens with zero attached hydrogens (tertiary/aromatic N) is 2. The molecule has 1 heterocycles. The Labute approximate surface area is 80.3 Å². The van der Waals surface area contributed by atoms with Crippen molar-refractivity contribution in [3.63, 3.8) is 0 Å². The quantitative estimate of drug-likeness (QED) is 0.559. The molecular weight excluding hydrogens is 188 g/mol. The smallest absolute Gasteiger partial charge is 0.233 e.